The second kappa shape index (κ2) is 9.29. The molecule has 0 fully saturated rings. The average Bonchev–Trinajstić information content (AvgIpc) is 2.70. The van der Waals surface area contributed by atoms with Gasteiger partial charge in [-0.3, -0.25) is 4.79 Å². The first-order valence-electron chi connectivity index (χ1n) is 9.08. The van der Waals surface area contributed by atoms with Crippen LogP contribution in [0.5, 0.6) is 11.5 Å². The number of carbonyl (C=O) groups is 1. The molecular weight excluding hydrogens is 374 g/mol. The highest BCUT2D eigenvalue weighted by molar-refractivity contribution is 6.30. The standard InChI is InChI=1S/C23H22ClNO3/c1-3-27-22-12-9-17(14-18(22)15-28-20-7-5-4-6-8-20)23(26)25-21-11-10-19(24)13-16(21)2/h4-14H,3,15H2,1-2H3,(H,25,26). The largest absolute Gasteiger partial charge is 0.493 e. The maximum Gasteiger partial charge on any atom is 0.255 e. The number of rotatable bonds is 7. The molecule has 5 heteroatoms. The number of amides is 1. The highest BCUT2D eigenvalue weighted by Crippen LogP contribution is 2.24. The summed E-state index contributed by atoms with van der Waals surface area (Å²) < 4.78 is 11.5. The number of halogens is 1. The molecule has 0 atom stereocenters. The van der Waals surface area contributed by atoms with Crippen LogP contribution in [0.25, 0.3) is 0 Å². The maximum atomic E-state index is 12.7. The molecule has 0 unspecified atom stereocenters. The molecule has 0 heterocycles. The summed E-state index contributed by atoms with van der Waals surface area (Å²) in [6.45, 7) is 4.67. The average molecular weight is 396 g/mol. The van der Waals surface area contributed by atoms with Gasteiger partial charge >= 0.3 is 0 Å². The van der Waals surface area contributed by atoms with Crippen LogP contribution in [0.15, 0.2) is 66.7 Å². The van der Waals surface area contributed by atoms with E-state index in [1.165, 1.54) is 0 Å². The first-order chi connectivity index (χ1) is 13.6. The lowest BCUT2D eigenvalue weighted by molar-refractivity contribution is 0.102. The first-order valence-corrected chi connectivity index (χ1v) is 9.45. The van der Waals surface area contributed by atoms with Crippen molar-refractivity contribution in [1.82, 2.24) is 0 Å². The Bertz CT molecular complexity index is 957. The molecule has 3 aromatic rings. The van der Waals surface area contributed by atoms with E-state index in [2.05, 4.69) is 5.32 Å². The number of carbonyl (C=O) groups excluding carboxylic acids is 1. The van der Waals surface area contributed by atoms with Crippen molar-refractivity contribution in [3.8, 4) is 11.5 Å². The Kier molecular flexibility index (Phi) is 6.56. The molecular formula is C23H22ClNO3. The highest BCUT2D eigenvalue weighted by Gasteiger charge is 2.13. The number of anilines is 1. The van der Waals surface area contributed by atoms with Gasteiger partial charge in [-0.15, -0.1) is 0 Å². The molecule has 144 valence electrons. The number of nitrogens with one attached hydrogen (secondary N) is 1. The number of benzene rings is 3. The van der Waals surface area contributed by atoms with Crippen molar-refractivity contribution >= 4 is 23.2 Å². The van der Waals surface area contributed by atoms with Crippen LogP contribution >= 0.6 is 11.6 Å². The van der Waals surface area contributed by atoms with Gasteiger partial charge in [0.25, 0.3) is 5.91 Å². The summed E-state index contributed by atoms with van der Waals surface area (Å²) in [5.74, 6) is 1.27. The van der Waals surface area contributed by atoms with E-state index in [0.717, 1.165) is 22.6 Å². The van der Waals surface area contributed by atoms with Crippen molar-refractivity contribution in [3.05, 3.63) is 88.4 Å². The molecule has 1 N–H and O–H groups in total. The van der Waals surface area contributed by atoms with E-state index >= 15 is 0 Å². The van der Waals surface area contributed by atoms with Crippen LogP contribution in [0.4, 0.5) is 5.69 Å². The Hall–Kier alpha value is -2.98. The van der Waals surface area contributed by atoms with E-state index in [1.807, 2.05) is 50.2 Å². The van der Waals surface area contributed by atoms with Crippen LogP contribution in [-0.2, 0) is 6.61 Å². The van der Waals surface area contributed by atoms with E-state index in [1.54, 1.807) is 30.3 Å². The van der Waals surface area contributed by atoms with E-state index in [0.29, 0.717) is 29.5 Å². The Morgan fingerprint density at radius 2 is 1.79 bits per heavy atom. The lowest BCUT2D eigenvalue weighted by atomic mass is 10.1. The molecule has 1 amide bonds. The Labute approximate surface area is 170 Å². The number of aryl methyl sites for hydroxylation is 1. The molecule has 0 aliphatic rings. The Morgan fingerprint density at radius 3 is 2.50 bits per heavy atom. The van der Waals surface area contributed by atoms with Gasteiger partial charge in [-0.25, -0.2) is 0 Å². The first kappa shape index (κ1) is 19.8. The zero-order chi connectivity index (χ0) is 19.9. The van der Waals surface area contributed by atoms with Gasteiger partial charge < -0.3 is 14.8 Å². The van der Waals surface area contributed by atoms with E-state index in [4.69, 9.17) is 21.1 Å². The van der Waals surface area contributed by atoms with Crippen molar-refractivity contribution in [2.45, 2.75) is 20.5 Å². The van der Waals surface area contributed by atoms with Crippen LogP contribution in [0.2, 0.25) is 5.02 Å². The summed E-state index contributed by atoms with van der Waals surface area (Å²) in [5, 5.41) is 3.56. The minimum Gasteiger partial charge on any atom is -0.493 e. The fourth-order valence-corrected chi connectivity index (χ4v) is 3.00. The second-order valence-corrected chi connectivity index (χ2v) is 6.71. The van der Waals surface area contributed by atoms with Gasteiger partial charge in [-0.05, 0) is 67.9 Å². The highest BCUT2D eigenvalue weighted by atomic mass is 35.5. The van der Waals surface area contributed by atoms with Crippen molar-refractivity contribution in [2.75, 3.05) is 11.9 Å². The van der Waals surface area contributed by atoms with Gasteiger partial charge in [0.15, 0.2) is 0 Å². The molecule has 0 bridgehead atoms. The summed E-state index contributed by atoms with van der Waals surface area (Å²) >= 11 is 5.98. The minimum absolute atomic E-state index is 0.200. The van der Waals surface area contributed by atoms with Crippen molar-refractivity contribution in [3.63, 3.8) is 0 Å². The molecule has 0 radical (unpaired) electrons. The monoisotopic (exact) mass is 395 g/mol. The van der Waals surface area contributed by atoms with Gasteiger partial charge in [0, 0.05) is 21.8 Å². The summed E-state index contributed by atoms with van der Waals surface area (Å²) in [5.41, 5.74) is 2.97. The topological polar surface area (TPSA) is 47.6 Å². The van der Waals surface area contributed by atoms with Crippen molar-refractivity contribution in [2.24, 2.45) is 0 Å². The van der Waals surface area contributed by atoms with Gasteiger partial charge in [-0.1, -0.05) is 29.8 Å². The molecule has 0 aliphatic carbocycles. The molecule has 4 nitrogen and oxygen atoms in total. The maximum absolute atomic E-state index is 12.7. The lowest BCUT2D eigenvalue weighted by Gasteiger charge is -2.14. The predicted octanol–water partition coefficient (Wildman–Crippen LogP) is 5.88. The van der Waals surface area contributed by atoms with Crippen molar-refractivity contribution < 1.29 is 14.3 Å². The Balaban J connectivity index is 1.79. The third-order valence-electron chi connectivity index (χ3n) is 4.20. The van der Waals surface area contributed by atoms with Crippen LogP contribution < -0.4 is 14.8 Å². The van der Waals surface area contributed by atoms with Crippen LogP contribution in [0.1, 0.15) is 28.4 Å². The fraction of sp³-hybridized carbons (Fsp3) is 0.174. The third-order valence-corrected chi connectivity index (χ3v) is 4.43. The zero-order valence-corrected chi connectivity index (χ0v) is 16.6. The molecule has 3 aromatic carbocycles. The molecule has 0 aromatic heterocycles. The van der Waals surface area contributed by atoms with Gasteiger partial charge in [0.2, 0.25) is 0 Å². The molecule has 0 saturated carbocycles. The van der Waals surface area contributed by atoms with Crippen molar-refractivity contribution in [1.29, 1.82) is 0 Å². The SMILES string of the molecule is CCOc1ccc(C(=O)Nc2ccc(Cl)cc2C)cc1COc1ccccc1. The van der Waals surface area contributed by atoms with Crippen LogP contribution in [0.3, 0.4) is 0 Å². The molecule has 0 saturated heterocycles. The van der Waals surface area contributed by atoms with Gasteiger partial charge in [0.05, 0.1) is 6.61 Å². The van der Waals surface area contributed by atoms with Crippen LogP contribution in [0, 0.1) is 6.92 Å². The summed E-state index contributed by atoms with van der Waals surface area (Å²) in [7, 11) is 0. The molecule has 3 rings (SSSR count). The summed E-state index contributed by atoms with van der Waals surface area (Å²) in [6, 6.07) is 20.2. The Morgan fingerprint density at radius 1 is 1.00 bits per heavy atom. The number of ether oxygens (including phenoxy) is 2. The van der Waals surface area contributed by atoms with E-state index in [-0.39, 0.29) is 5.91 Å². The number of hydrogen-bond acceptors (Lipinski definition) is 3. The number of hydrogen-bond donors (Lipinski definition) is 1. The fourth-order valence-electron chi connectivity index (χ4n) is 2.77. The van der Waals surface area contributed by atoms with E-state index < -0.39 is 0 Å². The lowest BCUT2D eigenvalue weighted by Crippen LogP contribution is -2.14. The van der Waals surface area contributed by atoms with Gasteiger partial charge in [0.1, 0.15) is 18.1 Å². The quantitative estimate of drug-likeness (QED) is 0.543. The van der Waals surface area contributed by atoms with Gasteiger partial charge in [-0.2, -0.15) is 0 Å². The number of para-hydroxylation sites is 1. The second-order valence-electron chi connectivity index (χ2n) is 6.27. The zero-order valence-electron chi connectivity index (χ0n) is 15.9. The minimum atomic E-state index is -0.200. The molecule has 28 heavy (non-hydrogen) atoms. The third kappa shape index (κ3) is 5.05. The summed E-state index contributed by atoms with van der Waals surface area (Å²) in [4.78, 5) is 12.7. The van der Waals surface area contributed by atoms with E-state index in [9.17, 15) is 4.79 Å². The molecule has 0 spiro atoms. The predicted molar refractivity (Wildman–Crippen MR) is 113 cm³/mol. The smallest absolute Gasteiger partial charge is 0.255 e. The summed E-state index contributed by atoms with van der Waals surface area (Å²) in [6.07, 6.45) is 0. The normalized spacial score (nSPS) is 10.4. The van der Waals surface area contributed by atoms with Crippen LogP contribution in [-0.4, -0.2) is 12.5 Å². The molecule has 0 aliphatic heterocycles.